The molecule has 2 saturated heterocycles. The number of nitrogens with one attached hydrogen (secondary N) is 2. The Bertz CT molecular complexity index is 1190. The molecule has 5 rings (SSSR count). The van der Waals surface area contributed by atoms with Crippen molar-refractivity contribution in [3.63, 3.8) is 0 Å². The lowest BCUT2D eigenvalue weighted by molar-refractivity contribution is -0.122. The van der Waals surface area contributed by atoms with Crippen LogP contribution in [0, 0.1) is 5.82 Å². The van der Waals surface area contributed by atoms with E-state index in [1.807, 2.05) is 29.2 Å². The second kappa shape index (κ2) is 10.2. The van der Waals surface area contributed by atoms with Crippen LogP contribution in [-0.2, 0) is 11.2 Å². The van der Waals surface area contributed by atoms with Crippen molar-refractivity contribution in [3.05, 3.63) is 83.9 Å². The van der Waals surface area contributed by atoms with Crippen LogP contribution in [0.5, 0.6) is 0 Å². The van der Waals surface area contributed by atoms with Gasteiger partial charge in [0.15, 0.2) is 0 Å². The van der Waals surface area contributed by atoms with E-state index in [-0.39, 0.29) is 35.8 Å². The first-order chi connectivity index (χ1) is 17.1. The minimum atomic E-state index is -0.284. The van der Waals surface area contributed by atoms with Gasteiger partial charge in [0.25, 0.3) is 5.91 Å². The van der Waals surface area contributed by atoms with Gasteiger partial charge in [-0.25, -0.2) is 14.4 Å². The zero-order chi connectivity index (χ0) is 24.2. The molecule has 0 bridgehead atoms. The molecule has 3 heterocycles. The van der Waals surface area contributed by atoms with Crippen molar-refractivity contribution in [1.29, 1.82) is 0 Å². The number of likely N-dealkylation sites (tertiary alicyclic amines) is 1. The Kier molecular flexibility index (Phi) is 6.70. The van der Waals surface area contributed by atoms with E-state index in [2.05, 4.69) is 20.6 Å². The molecule has 3 atom stereocenters. The highest BCUT2D eigenvalue weighted by Crippen LogP contribution is 2.33. The summed E-state index contributed by atoms with van der Waals surface area (Å²) < 4.78 is 13.5. The number of carbonyl (C=O) groups excluding carboxylic acids is 2. The van der Waals surface area contributed by atoms with E-state index in [0.29, 0.717) is 30.8 Å². The molecule has 0 unspecified atom stereocenters. The van der Waals surface area contributed by atoms with E-state index >= 15 is 0 Å². The van der Waals surface area contributed by atoms with Crippen LogP contribution in [0.3, 0.4) is 0 Å². The van der Waals surface area contributed by atoms with E-state index in [0.717, 1.165) is 30.5 Å². The fraction of sp³-hybridized carbons (Fsp3) is 0.333. The number of benzene rings is 2. The molecule has 0 spiro atoms. The Morgan fingerprint density at radius 1 is 1.09 bits per heavy atom. The molecule has 0 aliphatic carbocycles. The van der Waals surface area contributed by atoms with Crippen LogP contribution in [0.25, 0.3) is 0 Å². The minimum absolute atomic E-state index is 0.0450. The molecule has 2 N–H and O–H groups in total. The van der Waals surface area contributed by atoms with Gasteiger partial charge in [0, 0.05) is 36.1 Å². The number of nitrogens with zero attached hydrogens (tertiary/aromatic N) is 3. The molecule has 1 aromatic heterocycles. The lowest BCUT2D eigenvalue weighted by Crippen LogP contribution is -2.49. The number of anilines is 2. The molecule has 35 heavy (non-hydrogen) atoms. The van der Waals surface area contributed by atoms with Crippen molar-refractivity contribution >= 4 is 23.5 Å². The number of rotatable bonds is 5. The van der Waals surface area contributed by atoms with Crippen LogP contribution in [0.2, 0.25) is 0 Å². The average molecular weight is 474 g/mol. The van der Waals surface area contributed by atoms with Gasteiger partial charge in [-0.1, -0.05) is 24.6 Å². The summed E-state index contributed by atoms with van der Waals surface area (Å²) in [5, 5.41) is 6.31. The number of carbonyl (C=O) groups is 2. The summed E-state index contributed by atoms with van der Waals surface area (Å²) in [6.45, 7) is 0. The lowest BCUT2D eigenvalue weighted by atomic mass is 9.97. The van der Waals surface area contributed by atoms with Gasteiger partial charge >= 0.3 is 0 Å². The SMILES string of the molecule is O=C1CCCC[C@H]2[C@@H](C[C@H](Cc3ccc(F)cc3)N2C(=O)c2cccc(Nc3ncccn3)c2)N1. The maximum Gasteiger partial charge on any atom is 0.254 e. The lowest BCUT2D eigenvalue weighted by Gasteiger charge is -2.33. The molecule has 8 heteroatoms. The Morgan fingerprint density at radius 3 is 2.69 bits per heavy atom. The zero-order valence-electron chi connectivity index (χ0n) is 19.4. The Morgan fingerprint density at radius 2 is 1.89 bits per heavy atom. The van der Waals surface area contributed by atoms with Gasteiger partial charge in [0.1, 0.15) is 5.82 Å². The van der Waals surface area contributed by atoms with Crippen molar-refractivity contribution in [2.75, 3.05) is 5.32 Å². The summed E-state index contributed by atoms with van der Waals surface area (Å²) in [6, 6.07) is 15.2. The summed E-state index contributed by atoms with van der Waals surface area (Å²) in [7, 11) is 0. The van der Waals surface area contributed by atoms with Crippen LogP contribution >= 0.6 is 0 Å². The smallest absolute Gasteiger partial charge is 0.254 e. The van der Waals surface area contributed by atoms with Gasteiger partial charge in [0.05, 0.1) is 12.1 Å². The highest BCUT2D eigenvalue weighted by atomic mass is 19.1. The molecule has 2 aromatic carbocycles. The molecule has 180 valence electrons. The van der Waals surface area contributed by atoms with Gasteiger partial charge in [0.2, 0.25) is 11.9 Å². The number of aromatic nitrogens is 2. The van der Waals surface area contributed by atoms with Gasteiger partial charge in [-0.05, 0) is 67.6 Å². The van der Waals surface area contributed by atoms with Crippen molar-refractivity contribution in [2.45, 2.75) is 56.7 Å². The van der Waals surface area contributed by atoms with Gasteiger partial charge in [-0.3, -0.25) is 9.59 Å². The summed E-state index contributed by atoms with van der Waals surface area (Å²) in [5.41, 5.74) is 2.24. The van der Waals surface area contributed by atoms with E-state index in [9.17, 15) is 14.0 Å². The number of hydrogen-bond donors (Lipinski definition) is 2. The van der Waals surface area contributed by atoms with Crippen LogP contribution in [0.4, 0.5) is 16.0 Å². The highest BCUT2D eigenvalue weighted by molar-refractivity contribution is 5.96. The van der Waals surface area contributed by atoms with E-state index < -0.39 is 0 Å². The number of amides is 2. The van der Waals surface area contributed by atoms with E-state index in [1.54, 1.807) is 30.6 Å². The van der Waals surface area contributed by atoms with Crippen LogP contribution in [0.15, 0.2) is 67.0 Å². The van der Waals surface area contributed by atoms with Gasteiger partial charge < -0.3 is 15.5 Å². The maximum atomic E-state index is 13.9. The molecular formula is C27H28FN5O2. The zero-order valence-corrected chi connectivity index (χ0v) is 19.4. The van der Waals surface area contributed by atoms with Crippen molar-refractivity contribution in [3.8, 4) is 0 Å². The van der Waals surface area contributed by atoms with Gasteiger partial charge in [-0.15, -0.1) is 0 Å². The van der Waals surface area contributed by atoms with Crippen molar-refractivity contribution < 1.29 is 14.0 Å². The third kappa shape index (κ3) is 5.31. The Balaban J connectivity index is 1.43. The van der Waals surface area contributed by atoms with E-state index in [1.165, 1.54) is 12.1 Å². The fourth-order valence-corrected chi connectivity index (χ4v) is 5.20. The molecule has 2 fully saturated rings. The monoisotopic (exact) mass is 473 g/mol. The molecule has 2 aliphatic heterocycles. The quantitative estimate of drug-likeness (QED) is 0.579. The molecule has 0 saturated carbocycles. The van der Waals surface area contributed by atoms with Crippen LogP contribution in [-0.4, -0.2) is 44.8 Å². The summed E-state index contributed by atoms with van der Waals surface area (Å²) in [5.74, 6) is 0.143. The predicted molar refractivity (Wildman–Crippen MR) is 131 cm³/mol. The first-order valence-corrected chi connectivity index (χ1v) is 12.1. The second-order valence-electron chi connectivity index (χ2n) is 9.20. The summed E-state index contributed by atoms with van der Waals surface area (Å²) in [6.07, 6.45) is 7.65. The molecule has 0 radical (unpaired) electrons. The molecule has 7 nitrogen and oxygen atoms in total. The average Bonchev–Trinajstić information content (AvgIpc) is 3.17. The first-order valence-electron chi connectivity index (χ1n) is 12.1. The molecular weight excluding hydrogens is 445 g/mol. The molecule has 3 aromatic rings. The van der Waals surface area contributed by atoms with Crippen molar-refractivity contribution in [2.24, 2.45) is 0 Å². The maximum absolute atomic E-state index is 13.9. The topological polar surface area (TPSA) is 87.2 Å². The number of fused-ring (bicyclic) bond motifs is 1. The van der Waals surface area contributed by atoms with Crippen LogP contribution in [0.1, 0.15) is 48.0 Å². The largest absolute Gasteiger partial charge is 0.351 e. The van der Waals surface area contributed by atoms with Crippen LogP contribution < -0.4 is 10.6 Å². The predicted octanol–water partition coefficient (Wildman–Crippen LogP) is 4.24. The van der Waals surface area contributed by atoms with E-state index in [4.69, 9.17) is 0 Å². The standard InChI is InChI=1S/C27H28FN5O2/c28-20-11-9-18(10-12-20)15-22-17-23-24(7-1-2-8-25(34)32-23)33(22)26(35)19-5-3-6-21(16-19)31-27-29-13-4-14-30-27/h3-6,9-14,16,22-24H,1-2,7-8,15,17H2,(H,32,34)(H,29,30,31)/t22-,23+,24-/m0/s1. The minimum Gasteiger partial charge on any atom is -0.351 e. The fourth-order valence-electron chi connectivity index (χ4n) is 5.20. The molecule has 2 aliphatic rings. The number of halogens is 1. The summed E-state index contributed by atoms with van der Waals surface area (Å²) in [4.78, 5) is 36.6. The van der Waals surface area contributed by atoms with Gasteiger partial charge in [-0.2, -0.15) is 0 Å². The Hall–Kier alpha value is -3.81. The number of hydrogen-bond acceptors (Lipinski definition) is 5. The third-order valence-corrected chi connectivity index (χ3v) is 6.79. The van der Waals surface area contributed by atoms with Crippen molar-refractivity contribution in [1.82, 2.24) is 20.2 Å². The second-order valence-corrected chi connectivity index (χ2v) is 9.20. The molecule has 2 amide bonds. The third-order valence-electron chi connectivity index (χ3n) is 6.79. The normalized spacial score (nSPS) is 22.0. The Labute approximate surface area is 203 Å². The summed E-state index contributed by atoms with van der Waals surface area (Å²) >= 11 is 0. The highest BCUT2D eigenvalue weighted by Gasteiger charge is 2.44. The first kappa shape index (κ1) is 23.0.